The molecule has 1 amide bonds. The van der Waals surface area contributed by atoms with Crippen LogP contribution in [0.15, 0.2) is 30.3 Å². The Morgan fingerprint density at radius 2 is 1.84 bits per heavy atom. The van der Waals surface area contributed by atoms with Gasteiger partial charge in [-0.15, -0.1) is 0 Å². The van der Waals surface area contributed by atoms with Crippen LogP contribution in [-0.2, 0) is 4.79 Å². The Bertz CT molecular complexity index is 433. The average molecular weight is 259 g/mol. The van der Waals surface area contributed by atoms with Crippen molar-refractivity contribution in [2.45, 2.75) is 31.7 Å². The van der Waals surface area contributed by atoms with E-state index in [0.717, 1.165) is 5.56 Å². The Hall–Kier alpha value is -1.35. The molecule has 19 heavy (non-hydrogen) atoms. The van der Waals surface area contributed by atoms with E-state index in [1.165, 1.54) is 25.7 Å². The monoisotopic (exact) mass is 259 g/mol. The molecule has 1 aromatic rings. The lowest BCUT2D eigenvalue weighted by Gasteiger charge is -2.16. The largest absolute Gasteiger partial charge is 0.394 e. The van der Waals surface area contributed by atoms with Crippen molar-refractivity contribution in [1.82, 2.24) is 5.32 Å². The van der Waals surface area contributed by atoms with Crippen molar-refractivity contribution >= 4 is 5.91 Å². The quantitative estimate of drug-likeness (QED) is 0.871. The predicted molar refractivity (Wildman–Crippen MR) is 73.3 cm³/mol. The van der Waals surface area contributed by atoms with Crippen molar-refractivity contribution in [3.8, 4) is 0 Å². The molecule has 0 radical (unpaired) electrons. The van der Waals surface area contributed by atoms with Gasteiger partial charge in [0.1, 0.15) is 0 Å². The van der Waals surface area contributed by atoms with Gasteiger partial charge in [0.2, 0.25) is 5.91 Å². The maximum atomic E-state index is 12.3. The molecule has 2 aliphatic rings. The molecule has 2 saturated carbocycles. The highest BCUT2D eigenvalue weighted by atomic mass is 16.3. The van der Waals surface area contributed by atoms with Gasteiger partial charge in [0.05, 0.1) is 12.6 Å². The van der Waals surface area contributed by atoms with E-state index in [-0.39, 0.29) is 24.5 Å². The number of aliphatic hydroxyl groups is 1. The molecule has 3 heteroatoms. The normalized spacial score (nSPS) is 30.3. The summed E-state index contributed by atoms with van der Waals surface area (Å²) in [6.45, 7) is -0.0438. The summed E-state index contributed by atoms with van der Waals surface area (Å²) in [4.78, 5) is 12.3. The predicted octanol–water partition coefficient (Wildman–Crippen LogP) is 2.27. The maximum absolute atomic E-state index is 12.3. The minimum absolute atomic E-state index is 0.0438. The molecule has 3 rings (SSSR count). The fourth-order valence-corrected chi connectivity index (χ4v) is 3.57. The Labute approximate surface area is 114 Å². The molecule has 2 fully saturated rings. The van der Waals surface area contributed by atoms with Crippen LogP contribution >= 0.6 is 0 Å². The molecule has 2 N–H and O–H groups in total. The Morgan fingerprint density at radius 3 is 2.42 bits per heavy atom. The van der Waals surface area contributed by atoms with Crippen molar-refractivity contribution in [3.05, 3.63) is 35.9 Å². The van der Waals surface area contributed by atoms with Crippen LogP contribution in [0, 0.1) is 17.8 Å². The molecule has 3 atom stereocenters. The van der Waals surface area contributed by atoms with E-state index in [1.54, 1.807) is 0 Å². The second kappa shape index (κ2) is 5.33. The summed E-state index contributed by atoms with van der Waals surface area (Å²) < 4.78 is 0. The number of carbonyl (C=O) groups excluding carboxylic acids is 1. The molecule has 0 bridgehead atoms. The van der Waals surface area contributed by atoms with Gasteiger partial charge < -0.3 is 10.4 Å². The minimum atomic E-state index is -0.267. The summed E-state index contributed by atoms with van der Waals surface area (Å²) in [6, 6.07) is 9.43. The van der Waals surface area contributed by atoms with Gasteiger partial charge in [-0.1, -0.05) is 43.2 Å². The lowest BCUT2D eigenvalue weighted by Crippen LogP contribution is -2.32. The first-order chi connectivity index (χ1) is 9.31. The van der Waals surface area contributed by atoms with Gasteiger partial charge in [-0.3, -0.25) is 4.79 Å². The number of rotatable bonds is 4. The van der Waals surface area contributed by atoms with E-state index in [1.807, 2.05) is 30.3 Å². The summed E-state index contributed by atoms with van der Waals surface area (Å²) in [5.74, 6) is 1.58. The number of nitrogens with one attached hydrogen (secondary N) is 1. The second-order valence-corrected chi connectivity index (χ2v) is 5.79. The summed E-state index contributed by atoms with van der Waals surface area (Å²) in [7, 11) is 0. The van der Waals surface area contributed by atoms with Crippen LogP contribution in [0.25, 0.3) is 0 Å². The maximum Gasteiger partial charge on any atom is 0.224 e. The zero-order valence-corrected chi connectivity index (χ0v) is 11.1. The van der Waals surface area contributed by atoms with Gasteiger partial charge >= 0.3 is 0 Å². The van der Waals surface area contributed by atoms with E-state index < -0.39 is 0 Å². The molecule has 3 nitrogen and oxygen atoms in total. The van der Waals surface area contributed by atoms with Crippen molar-refractivity contribution < 1.29 is 9.90 Å². The van der Waals surface area contributed by atoms with Crippen LogP contribution in [0.3, 0.4) is 0 Å². The van der Waals surface area contributed by atoms with Crippen molar-refractivity contribution in [1.29, 1.82) is 0 Å². The summed E-state index contributed by atoms with van der Waals surface area (Å²) in [6.07, 6.45) is 4.95. The van der Waals surface area contributed by atoms with Gasteiger partial charge in [-0.05, 0) is 30.2 Å². The van der Waals surface area contributed by atoms with E-state index >= 15 is 0 Å². The smallest absolute Gasteiger partial charge is 0.224 e. The average Bonchev–Trinajstić information content (AvgIpc) is 3.20. The fourth-order valence-electron chi connectivity index (χ4n) is 3.57. The third-order valence-electron chi connectivity index (χ3n) is 4.66. The van der Waals surface area contributed by atoms with Crippen molar-refractivity contribution in [2.75, 3.05) is 6.61 Å². The third kappa shape index (κ3) is 2.52. The van der Waals surface area contributed by atoms with Gasteiger partial charge in [-0.2, -0.15) is 0 Å². The molecule has 2 unspecified atom stereocenters. The van der Waals surface area contributed by atoms with E-state index in [9.17, 15) is 9.90 Å². The number of aliphatic hydroxyl groups excluding tert-OH is 1. The third-order valence-corrected chi connectivity index (χ3v) is 4.66. The number of hydrogen-bond donors (Lipinski definition) is 2. The molecule has 102 valence electrons. The topological polar surface area (TPSA) is 49.3 Å². The summed E-state index contributed by atoms with van der Waals surface area (Å²) in [5.41, 5.74) is 0.974. The van der Waals surface area contributed by atoms with Crippen LogP contribution in [-0.4, -0.2) is 17.6 Å². The van der Waals surface area contributed by atoms with Crippen LogP contribution in [0.1, 0.15) is 37.3 Å². The minimum Gasteiger partial charge on any atom is -0.394 e. The van der Waals surface area contributed by atoms with E-state index in [4.69, 9.17) is 0 Å². The highest BCUT2D eigenvalue weighted by Crippen LogP contribution is 2.55. The van der Waals surface area contributed by atoms with Crippen LogP contribution in [0.2, 0.25) is 0 Å². The number of fused-ring (bicyclic) bond motifs is 1. The van der Waals surface area contributed by atoms with E-state index in [0.29, 0.717) is 11.8 Å². The van der Waals surface area contributed by atoms with Crippen molar-refractivity contribution in [2.24, 2.45) is 17.8 Å². The Morgan fingerprint density at radius 1 is 1.21 bits per heavy atom. The highest BCUT2D eigenvalue weighted by molar-refractivity contribution is 5.82. The number of hydrogen-bond acceptors (Lipinski definition) is 2. The summed E-state index contributed by atoms with van der Waals surface area (Å²) >= 11 is 0. The fraction of sp³-hybridized carbons (Fsp3) is 0.562. The van der Waals surface area contributed by atoms with Gasteiger partial charge in [0, 0.05) is 5.92 Å². The van der Waals surface area contributed by atoms with Crippen LogP contribution < -0.4 is 5.32 Å². The molecule has 0 aliphatic heterocycles. The molecule has 0 heterocycles. The lowest BCUT2D eigenvalue weighted by molar-refractivity contribution is -0.124. The first-order valence-electron chi connectivity index (χ1n) is 7.27. The number of benzene rings is 1. The molecule has 0 spiro atoms. The first-order valence-corrected chi connectivity index (χ1v) is 7.27. The van der Waals surface area contributed by atoms with Crippen LogP contribution in [0.5, 0.6) is 0 Å². The first kappa shape index (κ1) is 12.7. The molecular formula is C16H21NO2. The summed E-state index contributed by atoms with van der Waals surface area (Å²) in [5, 5.41) is 12.5. The Balaban J connectivity index is 1.62. The lowest BCUT2D eigenvalue weighted by atomic mass is 10.0. The van der Waals surface area contributed by atoms with Crippen molar-refractivity contribution in [3.63, 3.8) is 0 Å². The number of amides is 1. The zero-order chi connectivity index (χ0) is 13.2. The SMILES string of the molecule is O=C(N[C@H](CO)c1ccccc1)C1C2CCCCC21. The standard InChI is InChI=1S/C16H21NO2/c18-10-14(11-6-2-1-3-7-11)17-16(19)15-12-8-4-5-9-13(12)15/h1-3,6-7,12-15,18H,4-5,8-10H2,(H,17,19)/t12?,13?,14-,15?/m1/s1. The van der Waals surface area contributed by atoms with Crippen LogP contribution in [0.4, 0.5) is 0 Å². The highest BCUT2D eigenvalue weighted by Gasteiger charge is 2.54. The molecule has 1 aromatic carbocycles. The van der Waals surface area contributed by atoms with E-state index in [2.05, 4.69) is 5.32 Å². The Kier molecular flexibility index (Phi) is 3.56. The molecule has 0 aromatic heterocycles. The van der Waals surface area contributed by atoms with Gasteiger partial charge in [-0.25, -0.2) is 0 Å². The molecular weight excluding hydrogens is 238 g/mol. The zero-order valence-electron chi connectivity index (χ0n) is 11.1. The second-order valence-electron chi connectivity index (χ2n) is 5.79. The van der Waals surface area contributed by atoms with Gasteiger partial charge in [0.25, 0.3) is 0 Å². The van der Waals surface area contributed by atoms with Gasteiger partial charge in [0.15, 0.2) is 0 Å². The molecule has 0 saturated heterocycles. The number of carbonyl (C=O) groups is 1. The molecule has 2 aliphatic carbocycles.